The van der Waals surface area contributed by atoms with Crippen LogP contribution in [0.4, 0.5) is 4.39 Å². The zero-order valence-electron chi connectivity index (χ0n) is 5.85. The summed E-state index contributed by atoms with van der Waals surface area (Å²) >= 11 is 3.12. The van der Waals surface area contributed by atoms with E-state index in [0.717, 1.165) is 19.3 Å². The van der Waals surface area contributed by atoms with Gasteiger partial charge in [-0.15, -0.1) is 0 Å². The SMILES string of the molecule is FC1CCCCC1OCBr. The highest BCUT2D eigenvalue weighted by molar-refractivity contribution is 9.09. The molecule has 1 saturated carbocycles. The van der Waals surface area contributed by atoms with E-state index in [4.69, 9.17) is 4.74 Å². The van der Waals surface area contributed by atoms with Crippen molar-refractivity contribution in [1.29, 1.82) is 0 Å². The molecule has 0 N–H and O–H groups in total. The van der Waals surface area contributed by atoms with E-state index in [1.807, 2.05) is 0 Å². The Balaban J connectivity index is 2.25. The Morgan fingerprint density at radius 2 is 2.10 bits per heavy atom. The zero-order chi connectivity index (χ0) is 7.40. The summed E-state index contributed by atoms with van der Waals surface area (Å²) in [6.45, 7) is 0. The van der Waals surface area contributed by atoms with Crippen LogP contribution in [0, 0.1) is 0 Å². The van der Waals surface area contributed by atoms with Gasteiger partial charge >= 0.3 is 0 Å². The van der Waals surface area contributed by atoms with Crippen molar-refractivity contribution in [1.82, 2.24) is 0 Å². The van der Waals surface area contributed by atoms with Gasteiger partial charge in [0.25, 0.3) is 0 Å². The molecule has 0 aromatic carbocycles. The van der Waals surface area contributed by atoms with E-state index >= 15 is 0 Å². The first-order chi connectivity index (χ1) is 4.84. The number of halogens is 2. The molecule has 0 bridgehead atoms. The summed E-state index contributed by atoms with van der Waals surface area (Å²) < 4.78 is 18.0. The molecule has 0 heterocycles. The maximum Gasteiger partial charge on any atom is 0.126 e. The van der Waals surface area contributed by atoms with Gasteiger partial charge < -0.3 is 4.74 Å². The van der Waals surface area contributed by atoms with E-state index in [9.17, 15) is 4.39 Å². The third-order valence-corrected chi connectivity index (χ3v) is 2.16. The van der Waals surface area contributed by atoms with E-state index < -0.39 is 6.17 Å². The number of alkyl halides is 2. The molecule has 10 heavy (non-hydrogen) atoms. The van der Waals surface area contributed by atoms with Gasteiger partial charge in [0.15, 0.2) is 0 Å². The number of rotatable bonds is 2. The molecule has 2 unspecified atom stereocenters. The lowest BCUT2D eigenvalue weighted by Crippen LogP contribution is -2.28. The first-order valence-electron chi connectivity index (χ1n) is 3.66. The van der Waals surface area contributed by atoms with Gasteiger partial charge in [-0.1, -0.05) is 28.8 Å². The van der Waals surface area contributed by atoms with Crippen molar-refractivity contribution in [2.24, 2.45) is 0 Å². The lowest BCUT2D eigenvalue weighted by Gasteiger charge is -2.24. The average molecular weight is 211 g/mol. The molecule has 0 aromatic heterocycles. The van der Waals surface area contributed by atoms with Crippen LogP contribution in [0.3, 0.4) is 0 Å². The van der Waals surface area contributed by atoms with Crippen molar-refractivity contribution in [3.8, 4) is 0 Å². The van der Waals surface area contributed by atoms with Crippen molar-refractivity contribution in [2.45, 2.75) is 38.0 Å². The molecule has 0 aliphatic heterocycles. The van der Waals surface area contributed by atoms with E-state index in [1.165, 1.54) is 0 Å². The quantitative estimate of drug-likeness (QED) is 0.638. The Morgan fingerprint density at radius 3 is 2.70 bits per heavy atom. The average Bonchev–Trinajstić information content (AvgIpc) is 1.94. The second-order valence-corrected chi connectivity index (χ2v) is 3.07. The Morgan fingerprint density at radius 1 is 1.40 bits per heavy atom. The number of hydrogen-bond donors (Lipinski definition) is 0. The van der Waals surface area contributed by atoms with Crippen LogP contribution in [-0.4, -0.2) is 17.8 Å². The minimum atomic E-state index is -0.730. The van der Waals surface area contributed by atoms with Crippen LogP contribution in [-0.2, 0) is 4.74 Å². The monoisotopic (exact) mass is 210 g/mol. The van der Waals surface area contributed by atoms with Crippen LogP contribution in [0.25, 0.3) is 0 Å². The fourth-order valence-corrected chi connectivity index (χ4v) is 1.66. The molecule has 0 amide bonds. The number of ether oxygens (including phenoxy) is 1. The van der Waals surface area contributed by atoms with E-state index in [-0.39, 0.29) is 6.10 Å². The smallest absolute Gasteiger partial charge is 0.126 e. The Kier molecular flexibility index (Phi) is 3.63. The molecular formula is C7H12BrFO. The fourth-order valence-electron chi connectivity index (χ4n) is 1.32. The fraction of sp³-hybridized carbons (Fsp3) is 1.00. The molecule has 0 spiro atoms. The van der Waals surface area contributed by atoms with Gasteiger partial charge in [-0.25, -0.2) is 4.39 Å². The van der Waals surface area contributed by atoms with E-state index in [0.29, 0.717) is 11.9 Å². The van der Waals surface area contributed by atoms with Crippen LogP contribution in [0.5, 0.6) is 0 Å². The second kappa shape index (κ2) is 4.29. The Bertz CT molecular complexity index is 97.6. The largest absolute Gasteiger partial charge is 0.364 e. The summed E-state index contributed by atoms with van der Waals surface area (Å²) in [5, 5.41) is 0. The molecular weight excluding hydrogens is 199 g/mol. The molecule has 2 atom stereocenters. The number of hydrogen-bond acceptors (Lipinski definition) is 1. The third-order valence-electron chi connectivity index (χ3n) is 1.90. The normalized spacial score (nSPS) is 34.2. The van der Waals surface area contributed by atoms with Crippen LogP contribution in [0.2, 0.25) is 0 Å². The maximum absolute atomic E-state index is 12.9. The van der Waals surface area contributed by atoms with E-state index in [1.54, 1.807) is 0 Å². The Hall–Kier alpha value is 0.370. The van der Waals surface area contributed by atoms with Gasteiger partial charge in [0.2, 0.25) is 0 Å². The zero-order valence-corrected chi connectivity index (χ0v) is 7.44. The van der Waals surface area contributed by atoms with Gasteiger partial charge in [-0.2, -0.15) is 0 Å². The molecule has 0 saturated heterocycles. The van der Waals surface area contributed by atoms with Gasteiger partial charge in [0.05, 0.1) is 6.10 Å². The van der Waals surface area contributed by atoms with Crippen LogP contribution in [0.1, 0.15) is 25.7 Å². The van der Waals surface area contributed by atoms with Crippen LogP contribution >= 0.6 is 15.9 Å². The molecule has 0 aromatic rings. The van der Waals surface area contributed by atoms with Crippen molar-refractivity contribution in [3.05, 3.63) is 0 Å². The molecule has 1 nitrogen and oxygen atoms in total. The molecule has 1 fully saturated rings. The lowest BCUT2D eigenvalue weighted by molar-refractivity contribution is -0.000142. The summed E-state index contributed by atoms with van der Waals surface area (Å²) in [6, 6.07) is 0. The van der Waals surface area contributed by atoms with Crippen molar-refractivity contribution in [3.63, 3.8) is 0 Å². The lowest BCUT2D eigenvalue weighted by atomic mass is 9.96. The molecule has 1 aliphatic carbocycles. The predicted molar refractivity (Wildman–Crippen MR) is 42.0 cm³/mol. The van der Waals surface area contributed by atoms with Crippen LogP contribution < -0.4 is 0 Å². The van der Waals surface area contributed by atoms with Crippen LogP contribution in [0.15, 0.2) is 0 Å². The van der Waals surface area contributed by atoms with Gasteiger partial charge in [0, 0.05) is 0 Å². The highest BCUT2D eigenvalue weighted by Gasteiger charge is 2.24. The molecule has 60 valence electrons. The van der Waals surface area contributed by atoms with Gasteiger partial charge in [-0.05, 0) is 12.8 Å². The van der Waals surface area contributed by atoms with Crippen molar-refractivity contribution in [2.75, 3.05) is 5.52 Å². The molecule has 1 rings (SSSR count). The summed E-state index contributed by atoms with van der Waals surface area (Å²) in [5.74, 6) is 0. The molecule has 0 radical (unpaired) electrons. The minimum absolute atomic E-state index is 0.145. The third kappa shape index (κ3) is 2.20. The topological polar surface area (TPSA) is 9.23 Å². The standard InChI is InChI=1S/C7H12BrFO/c8-5-10-7-4-2-1-3-6(7)9/h6-7H,1-5H2. The summed E-state index contributed by atoms with van der Waals surface area (Å²) in [7, 11) is 0. The highest BCUT2D eigenvalue weighted by Crippen LogP contribution is 2.23. The summed E-state index contributed by atoms with van der Waals surface area (Å²) in [4.78, 5) is 0. The molecule has 1 aliphatic rings. The van der Waals surface area contributed by atoms with Crippen molar-refractivity contribution >= 4 is 15.9 Å². The second-order valence-electron chi connectivity index (χ2n) is 2.61. The van der Waals surface area contributed by atoms with Gasteiger partial charge in [0.1, 0.15) is 11.7 Å². The highest BCUT2D eigenvalue weighted by atomic mass is 79.9. The summed E-state index contributed by atoms with van der Waals surface area (Å²) in [5.41, 5.74) is 0.456. The first-order valence-corrected chi connectivity index (χ1v) is 4.78. The minimum Gasteiger partial charge on any atom is -0.364 e. The summed E-state index contributed by atoms with van der Waals surface area (Å²) in [6.07, 6.45) is 2.81. The molecule has 3 heteroatoms. The Labute approximate surface area is 69.1 Å². The van der Waals surface area contributed by atoms with Gasteiger partial charge in [-0.3, -0.25) is 0 Å². The predicted octanol–water partition coefficient (Wildman–Crippen LogP) is 2.64. The maximum atomic E-state index is 12.9. The van der Waals surface area contributed by atoms with Crippen molar-refractivity contribution < 1.29 is 9.13 Å². The first kappa shape index (κ1) is 8.47. The van der Waals surface area contributed by atoms with E-state index in [2.05, 4.69) is 15.9 Å².